The standard InChI is InChI=1S/C17H19N3/c1-12-5-16(11-20-9-12)15-6-14(7-17(18)8-15)13-3-2-4-19-10-13/h2-4,6-8,10-12,16H,5,9,18H2,1H3. The van der Waals surface area contributed by atoms with E-state index in [1.165, 1.54) is 5.56 Å². The fourth-order valence-electron chi connectivity index (χ4n) is 2.75. The molecule has 1 aliphatic heterocycles. The van der Waals surface area contributed by atoms with Gasteiger partial charge in [0, 0.05) is 42.3 Å². The Bertz CT molecular complexity index is 619. The number of aliphatic imine (C=N–C) groups is 1. The van der Waals surface area contributed by atoms with E-state index >= 15 is 0 Å². The summed E-state index contributed by atoms with van der Waals surface area (Å²) in [5, 5.41) is 0. The van der Waals surface area contributed by atoms with Gasteiger partial charge < -0.3 is 5.73 Å². The van der Waals surface area contributed by atoms with Crippen LogP contribution in [0.4, 0.5) is 5.69 Å². The molecule has 0 fully saturated rings. The van der Waals surface area contributed by atoms with Crippen LogP contribution in [0.25, 0.3) is 11.1 Å². The Kier molecular flexibility index (Phi) is 3.50. The second-order valence-corrected chi connectivity index (χ2v) is 5.59. The molecule has 0 spiro atoms. The zero-order chi connectivity index (χ0) is 13.9. The summed E-state index contributed by atoms with van der Waals surface area (Å²) in [6.07, 6.45) is 6.86. The molecule has 3 nitrogen and oxygen atoms in total. The molecule has 0 aliphatic carbocycles. The molecular formula is C17H19N3. The third-order valence-corrected chi connectivity index (χ3v) is 3.76. The highest BCUT2D eigenvalue weighted by atomic mass is 14.7. The minimum absolute atomic E-state index is 0.373. The molecule has 0 bridgehead atoms. The first-order valence-corrected chi connectivity index (χ1v) is 7.03. The lowest BCUT2D eigenvalue weighted by atomic mass is 9.87. The minimum Gasteiger partial charge on any atom is -0.399 e. The SMILES string of the molecule is CC1CN=CC(c2cc(N)cc(-c3cccnc3)c2)C1. The minimum atomic E-state index is 0.373. The van der Waals surface area contributed by atoms with Gasteiger partial charge in [0.05, 0.1) is 0 Å². The van der Waals surface area contributed by atoms with Crippen molar-refractivity contribution in [3.63, 3.8) is 0 Å². The Morgan fingerprint density at radius 1 is 1.20 bits per heavy atom. The van der Waals surface area contributed by atoms with Crippen LogP contribution in [0.3, 0.4) is 0 Å². The Hall–Kier alpha value is -2.16. The molecule has 2 N–H and O–H groups in total. The van der Waals surface area contributed by atoms with E-state index in [9.17, 15) is 0 Å². The zero-order valence-corrected chi connectivity index (χ0v) is 11.7. The molecule has 20 heavy (non-hydrogen) atoms. The average Bonchev–Trinajstić information content (AvgIpc) is 2.47. The Morgan fingerprint density at radius 3 is 2.85 bits per heavy atom. The van der Waals surface area contributed by atoms with Gasteiger partial charge in [-0.3, -0.25) is 9.98 Å². The van der Waals surface area contributed by atoms with E-state index in [0.29, 0.717) is 11.8 Å². The van der Waals surface area contributed by atoms with Crippen LogP contribution in [0, 0.1) is 5.92 Å². The van der Waals surface area contributed by atoms with E-state index in [2.05, 4.69) is 41.3 Å². The topological polar surface area (TPSA) is 51.3 Å². The van der Waals surface area contributed by atoms with Crippen LogP contribution in [-0.4, -0.2) is 17.7 Å². The van der Waals surface area contributed by atoms with Gasteiger partial charge in [-0.25, -0.2) is 0 Å². The lowest BCUT2D eigenvalue weighted by Crippen LogP contribution is -2.14. The number of rotatable bonds is 2. The quantitative estimate of drug-likeness (QED) is 0.844. The molecule has 3 heteroatoms. The molecule has 102 valence electrons. The van der Waals surface area contributed by atoms with Crippen molar-refractivity contribution in [2.24, 2.45) is 10.9 Å². The molecular weight excluding hydrogens is 246 g/mol. The molecule has 0 amide bonds. The lowest BCUT2D eigenvalue weighted by molar-refractivity contribution is 0.510. The summed E-state index contributed by atoms with van der Waals surface area (Å²) in [5.74, 6) is 1.01. The van der Waals surface area contributed by atoms with E-state index in [4.69, 9.17) is 5.73 Å². The van der Waals surface area contributed by atoms with Crippen LogP contribution >= 0.6 is 0 Å². The van der Waals surface area contributed by atoms with E-state index in [-0.39, 0.29) is 0 Å². The molecule has 1 aliphatic rings. The van der Waals surface area contributed by atoms with E-state index in [1.807, 2.05) is 18.3 Å². The maximum absolute atomic E-state index is 6.07. The zero-order valence-electron chi connectivity index (χ0n) is 11.7. The molecule has 1 aromatic carbocycles. The predicted molar refractivity (Wildman–Crippen MR) is 84.0 cm³/mol. The van der Waals surface area contributed by atoms with Crippen molar-refractivity contribution in [2.75, 3.05) is 12.3 Å². The number of benzene rings is 1. The Morgan fingerprint density at radius 2 is 2.10 bits per heavy atom. The number of anilines is 1. The summed E-state index contributed by atoms with van der Waals surface area (Å²) in [4.78, 5) is 8.65. The lowest BCUT2D eigenvalue weighted by Gasteiger charge is -2.22. The number of hydrogen-bond donors (Lipinski definition) is 1. The number of aromatic nitrogens is 1. The molecule has 0 radical (unpaired) electrons. The van der Waals surface area contributed by atoms with Gasteiger partial charge in [0.1, 0.15) is 0 Å². The van der Waals surface area contributed by atoms with Crippen molar-refractivity contribution in [2.45, 2.75) is 19.3 Å². The van der Waals surface area contributed by atoms with Crippen LogP contribution < -0.4 is 5.73 Å². The first-order valence-electron chi connectivity index (χ1n) is 7.03. The fourth-order valence-corrected chi connectivity index (χ4v) is 2.75. The molecule has 0 saturated heterocycles. The summed E-state index contributed by atoms with van der Waals surface area (Å²) in [6.45, 7) is 3.19. The Balaban J connectivity index is 1.99. The maximum Gasteiger partial charge on any atom is 0.0411 e. The van der Waals surface area contributed by atoms with Crippen LogP contribution in [0.15, 0.2) is 47.7 Å². The number of nitrogens with zero attached hydrogens (tertiary/aromatic N) is 2. The summed E-state index contributed by atoms with van der Waals surface area (Å²) >= 11 is 0. The smallest absolute Gasteiger partial charge is 0.0411 e. The fraction of sp³-hybridized carbons (Fsp3) is 0.294. The van der Waals surface area contributed by atoms with Gasteiger partial charge >= 0.3 is 0 Å². The van der Waals surface area contributed by atoms with Gasteiger partial charge in [-0.15, -0.1) is 0 Å². The highest BCUT2D eigenvalue weighted by molar-refractivity contribution is 5.74. The van der Waals surface area contributed by atoms with Crippen molar-refractivity contribution in [3.8, 4) is 11.1 Å². The van der Waals surface area contributed by atoms with Crippen molar-refractivity contribution < 1.29 is 0 Å². The van der Waals surface area contributed by atoms with Crippen LogP contribution in [-0.2, 0) is 0 Å². The van der Waals surface area contributed by atoms with Gasteiger partial charge in [0.15, 0.2) is 0 Å². The molecule has 1 aromatic heterocycles. The van der Waals surface area contributed by atoms with E-state index in [1.54, 1.807) is 6.20 Å². The number of pyridine rings is 1. The van der Waals surface area contributed by atoms with Crippen LogP contribution in [0.1, 0.15) is 24.8 Å². The molecule has 2 aromatic rings. The van der Waals surface area contributed by atoms with Crippen molar-refractivity contribution >= 4 is 11.9 Å². The maximum atomic E-state index is 6.07. The van der Waals surface area contributed by atoms with Gasteiger partial charge in [-0.2, -0.15) is 0 Å². The third kappa shape index (κ3) is 2.72. The van der Waals surface area contributed by atoms with Crippen molar-refractivity contribution in [1.82, 2.24) is 4.98 Å². The first kappa shape index (κ1) is 12.9. The number of hydrogen-bond acceptors (Lipinski definition) is 3. The van der Waals surface area contributed by atoms with E-state index < -0.39 is 0 Å². The van der Waals surface area contributed by atoms with Gasteiger partial charge in [0.2, 0.25) is 0 Å². The van der Waals surface area contributed by atoms with Crippen molar-refractivity contribution in [1.29, 1.82) is 0 Å². The van der Waals surface area contributed by atoms with Gasteiger partial charge in [-0.05, 0) is 41.7 Å². The molecule has 3 rings (SSSR count). The number of nitrogen functional groups attached to an aromatic ring is 1. The second-order valence-electron chi connectivity index (χ2n) is 5.59. The number of nitrogens with two attached hydrogens (primary N) is 1. The molecule has 2 atom stereocenters. The predicted octanol–water partition coefficient (Wildman–Crippen LogP) is 3.53. The van der Waals surface area contributed by atoms with Gasteiger partial charge in [0.25, 0.3) is 0 Å². The van der Waals surface area contributed by atoms with Crippen LogP contribution in [0.5, 0.6) is 0 Å². The normalized spacial score (nSPS) is 21.9. The first-order chi connectivity index (χ1) is 9.72. The molecule has 2 heterocycles. The highest BCUT2D eigenvalue weighted by Crippen LogP contribution is 2.31. The highest BCUT2D eigenvalue weighted by Gasteiger charge is 2.18. The summed E-state index contributed by atoms with van der Waals surface area (Å²) in [5.41, 5.74) is 10.3. The molecule has 2 unspecified atom stereocenters. The van der Waals surface area contributed by atoms with Crippen LogP contribution in [0.2, 0.25) is 0 Å². The van der Waals surface area contributed by atoms with Gasteiger partial charge in [-0.1, -0.05) is 19.1 Å². The van der Waals surface area contributed by atoms with E-state index in [0.717, 1.165) is 29.8 Å². The third-order valence-electron chi connectivity index (χ3n) is 3.76. The molecule has 0 saturated carbocycles. The average molecular weight is 265 g/mol. The summed E-state index contributed by atoms with van der Waals surface area (Å²) in [7, 11) is 0. The summed E-state index contributed by atoms with van der Waals surface area (Å²) in [6, 6.07) is 10.3. The largest absolute Gasteiger partial charge is 0.399 e. The second kappa shape index (κ2) is 5.45. The monoisotopic (exact) mass is 265 g/mol. The Labute approximate surface area is 119 Å². The summed E-state index contributed by atoms with van der Waals surface area (Å²) < 4.78 is 0. The van der Waals surface area contributed by atoms with Crippen molar-refractivity contribution in [3.05, 3.63) is 48.3 Å².